The van der Waals surface area contributed by atoms with E-state index in [1.165, 1.54) is 0 Å². The molecule has 0 atom stereocenters. The van der Waals surface area contributed by atoms with Crippen molar-refractivity contribution in [1.82, 2.24) is 0 Å². The second kappa shape index (κ2) is 4.90. The van der Waals surface area contributed by atoms with E-state index in [-0.39, 0.29) is 9.79 Å². The Balaban J connectivity index is 2.42. The Morgan fingerprint density at radius 1 is 0.750 bits per heavy atom. The summed E-state index contributed by atoms with van der Waals surface area (Å²) < 4.78 is 74.1. The summed E-state index contributed by atoms with van der Waals surface area (Å²) in [6, 6.07) is 7.19. The van der Waals surface area contributed by atoms with Crippen LogP contribution in [-0.4, -0.2) is 8.42 Å². The van der Waals surface area contributed by atoms with Gasteiger partial charge in [-0.25, -0.2) is 12.8 Å². The molecule has 0 aliphatic rings. The van der Waals surface area contributed by atoms with Crippen LogP contribution >= 0.6 is 0 Å². The van der Waals surface area contributed by atoms with Crippen LogP contribution in [0.25, 0.3) is 0 Å². The molecule has 0 saturated carbocycles. The van der Waals surface area contributed by atoms with Gasteiger partial charge in [-0.15, -0.1) is 0 Å². The Hall–Kier alpha value is -1.89. The molecule has 0 N–H and O–H groups in total. The van der Waals surface area contributed by atoms with E-state index in [4.69, 9.17) is 0 Å². The van der Waals surface area contributed by atoms with Gasteiger partial charge in [0.1, 0.15) is 5.82 Å². The topological polar surface area (TPSA) is 34.1 Å². The first kappa shape index (κ1) is 14.5. The molecule has 0 amide bonds. The maximum atomic E-state index is 12.7. The third-order valence-corrected chi connectivity index (χ3v) is 4.40. The molecule has 0 aromatic heterocycles. The van der Waals surface area contributed by atoms with Crippen molar-refractivity contribution < 1.29 is 26.0 Å². The molecule has 0 aliphatic carbocycles. The zero-order valence-electron chi connectivity index (χ0n) is 9.86. The van der Waals surface area contributed by atoms with Gasteiger partial charge in [-0.1, -0.05) is 0 Å². The Morgan fingerprint density at radius 3 is 1.55 bits per heavy atom. The molecule has 2 aromatic rings. The maximum absolute atomic E-state index is 12.7. The minimum atomic E-state index is -4.53. The SMILES string of the molecule is O=S(=O)(c1ccc(F)cc1)c1ccc(C(F)(F)F)cc1. The molecule has 2 aromatic carbocycles. The van der Waals surface area contributed by atoms with E-state index in [1.807, 2.05) is 0 Å². The van der Waals surface area contributed by atoms with Crippen molar-refractivity contribution in [2.45, 2.75) is 16.0 Å². The molecule has 0 aliphatic heterocycles. The van der Waals surface area contributed by atoms with Gasteiger partial charge < -0.3 is 0 Å². The number of benzene rings is 2. The lowest BCUT2D eigenvalue weighted by molar-refractivity contribution is -0.137. The van der Waals surface area contributed by atoms with Crippen molar-refractivity contribution in [1.29, 1.82) is 0 Å². The van der Waals surface area contributed by atoms with Crippen LogP contribution in [0.5, 0.6) is 0 Å². The zero-order chi connectivity index (χ0) is 15.0. The summed E-state index contributed by atoms with van der Waals surface area (Å²) in [7, 11) is -3.95. The lowest BCUT2D eigenvalue weighted by Gasteiger charge is -2.08. The summed E-state index contributed by atoms with van der Waals surface area (Å²) in [5.41, 5.74) is -0.935. The Labute approximate surface area is 112 Å². The highest BCUT2D eigenvalue weighted by Gasteiger charge is 2.30. The number of hydrogen-bond donors (Lipinski definition) is 0. The molecule has 0 spiro atoms. The van der Waals surface area contributed by atoms with Gasteiger partial charge in [-0.2, -0.15) is 13.2 Å². The predicted octanol–water partition coefficient (Wildman–Crippen LogP) is 3.68. The van der Waals surface area contributed by atoms with Crippen LogP contribution in [0.4, 0.5) is 17.6 Å². The fourth-order valence-corrected chi connectivity index (χ4v) is 2.83. The number of sulfone groups is 1. The molecule has 0 heterocycles. The highest BCUT2D eigenvalue weighted by atomic mass is 32.2. The highest BCUT2D eigenvalue weighted by Crippen LogP contribution is 2.30. The standard InChI is InChI=1S/C13H8F4O2S/c14-10-3-7-12(8-4-10)20(18,19)11-5-1-9(2-6-11)13(15,16)17/h1-8H. The molecule has 20 heavy (non-hydrogen) atoms. The molecular formula is C13H8F4O2S. The Kier molecular flexibility index (Phi) is 3.56. The molecule has 0 radical (unpaired) electrons. The smallest absolute Gasteiger partial charge is 0.219 e. The average Bonchev–Trinajstić information content (AvgIpc) is 2.38. The summed E-state index contributed by atoms with van der Waals surface area (Å²) in [5, 5.41) is 0. The second-order valence-electron chi connectivity index (χ2n) is 3.98. The first-order valence-corrected chi connectivity index (χ1v) is 6.87. The summed E-state index contributed by atoms with van der Waals surface area (Å²) in [4.78, 5) is -0.462. The molecule has 0 saturated heterocycles. The lowest BCUT2D eigenvalue weighted by atomic mass is 10.2. The minimum absolute atomic E-state index is 0.182. The Morgan fingerprint density at radius 2 is 1.15 bits per heavy atom. The molecule has 2 rings (SSSR count). The van der Waals surface area contributed by atoms with E-state index in [2.05, 4.69) is 0 Å². The van der Waals surface area contributed by atoms with E-state index >= 15 is 0 Å². The highest BCUT2D eigenvalue weighted by molar-refractivity contribution is 7.91. The fraction of sp³-hybridized carbons (Fsp3) is 0.0769. The van der Waals surface area contributed by atoms with Crippen molar-refractivity contribution in [3.63, 3.8) is 0 Å². The number of alkyl halides is 3. The minimum Gasteiger partial charge on any atom is -0.219 e. The summed E-state index contributed by atoms with van der Waals surface area (Å²) >= 11 is 0. The maximum Gasteiger partial charge on any atom is 0.416 e. The van der Waals surface area contributed by atoms with Gasteiger partial charge in [0.25, 0.3) is 0 Å². The quantitative estimate of drug-likeness (QED) is 0.626. The van der Waals surface area contributed by atoms with Crippen LogP contribution < -0.4 is 0 Å². The number of rotatable bonds is 2. The molecule has 106 valence electrons. The van der Waals surface area contributed by atoms with Gasteiger partial charge in [0.15, 0.2) is 0 Å². The predicted molar refractivity (Wildman–Crippen MR) is 63.3 cm³/mol. The van der Waals surface area contributed by atoms with Gasteiger partial charge in [-0.3, -0.25) is 0 Å². The van der Waals surface area contributed by atoms with E-state index < -0.39 is 27.4 Å². The summed E-state index contributed by atoms with van der Waals surface area (Å²) in [6.07, 6.45) is -4.53. The van der Waals surface area contributed by atoms with Crippen LogP contribution in [0, 0.1) is 5.82 Å². The van der Waals surface area contributed by atoms with E-state index in [0.29, 0.717) is 12.1 Å². The van der Waals surface area contributed by atoms with Gasteiger partial charge in [0.2, 0.25) is 9.84 Å². The molecule has 2 nitrogen and oxygen atoms in total. The zero-order valence-corrected chi connectivity index (χ0v) is 10.7. The van der Waals surface area contributed by atoms with Gasteiger partial charge in [0, 0.05) is 0 Å². The summed E-state index contributed by atoms with van der Waals surface area (Å²) in [5.74, 6) is -0.601. The molecule has 0 bridgehead atoms. The fourth-order valence-electron chi connectivity index (χ4n) is 1.57. The lowest BCUT2D eigenvalue weighted by Crippen LogP contribution is -2.06. The molecule has 0 unspecified atom stereocenters. The van der Waals surface area contributed by atoms with Crippen molar-refractivity contribution in [2.24, 2.45) is 0 Å². The summed E-state index contributed by atoms with van der Waals surface area (Å²) in [6.45, 7) is 0. The molecular weight excluding hydrogens is 296 g/mol. The third kappa shape index (κ3) is 2.82. The van der Waals surface area contributed by atoms with Crippen LogP contribution in [0.15, 0.2) is 58.3 Å². The normalized spacial score (nSPS) is 12.4. The van der Waals surface area contributed by atoms with Gasteiger partial charge >= 0.3 is 6.18 Å². The van der Waals surface area contributed by atoms with Gasteiger partial charge in [0.05, 0.1) is 15.4 Å². The van der Waals surface area contributed by atoms with Crippen molar-refractivity contribution in [3.05, 3.63) is 59.9 Å². The molecule has 7 heteroatoms. The van der Waals surface area contributed by atoms with Crippen molar-refractivity contribution >= 4 is 9.84 Å². The van der Waals surface area contributed by atoms with Crippen LogP contribution in [-0.2, 0) is 16.0 Å². The first-order chi connectivity index (χ1) is 9.21. The van der Waals surface area contributed by atoms with Crippen molar-refractivity contribution in [2.75, 3.05) is 0 Å². The molecule has 0 fully saturated rings. The van der Waals surface area contributed by atoms with E-state index in [0.717, 1.165) is 36.4 Å². The largest absolute Gasteiger partial charge is 0.416 e. The Bertz CT molecular complexity index is 702. The first-order valence-electron chi connectivity index (χ1n) is 5.39. The third-order valence-electron chi connectivity index (χ3n) is 2.62. The number of hydrogen-bond acceptors (Lipinski definition) is 2. The van der Waals surface area contributed by atoms with Crippen molar-refractivity contribution in [3.8, 4) is 0 Å². The van der Waals surface area contributed by atoms with Gasteiger partial charge in [-0.05, 0) is 48.5 Å². The van der Waals surface area contributed by atoms with E-state index in [1.54, 1.807) is 0 Å². The monoisotopic (exact) mass is 304 g/mol. The van der Waals surface area contributed by atoms with E-state index in [9.17, 15) is 26.0 Å². The van der Waals surface area contributed by atoms with Crippen LogP contribution in [0.2, 0.25) is 0 Å². The second-order valence-corrected chi connectivity index (χ2v) is 5.93. The average molecular weight is 304 g/mol. The van der Waals surface area contributed by atoms with Crippen LogP contribution in [0.1, 0.15) is 5.56 Å². The number of halogens is 4. The van der Waals surface area contributed by atoms with Crippen LogP contribution in [0.3, 0.4) is 0 Å².